The van der Waals surface area contributed by atoms with Crippen LogP contribution in [0.2, 0.25) is 0 Å². The Labute approximate surface area is 173 Å². The van der Waals surface area contributed by atoms with E-state index >= 15 is 0 Å². The maximum atomic E-state index is 12.2. The molecule has 0 aliphatic carbocycles. The topological polar surface area (TPSA) is 148 Å². The molecule has 0 radical (unpaired) electrons. The summed E-state index contributed by atoms with van der Waals surface area (Å²) in [5.41, 5.74) is -0.702. The lowest BCUT2D eigenvalue weighted by Crippen LogP contribution is -2.47. The number of carbonyl (C=O) groups is 4. The van der Waals surface area contributed by atoms with Crippen molar-refractivity contribution in [2.45, 2.75) is 39.3 Å². The van der Waals surface area contributed by atoms with E-state index in [0.717, 1.165) is 11.0 Å². The van der Waals surface area contributed by atoms with Crippen LogP contribution in [0, 0.1) is 10.1 Å². The lowest BCUT2D eigenvalue weighted by atomic mass is 10.1. The van der Waals surface area contributed by atoms with E-state index in [1.165, 1.54) is 32.2 Å². The van der Waals surface area contributed by atoms with Crippen molar-refractivity contribution in [2.75, 3.05) is 20.2 Å². The van der Waals surface area contributed by atoms with Crippen LogP contribution in [-0.2, 0) is 19.1 Å². The molecule has 0 aromatic heterocycles. The average molecular weight is 422 g/mol. The molecule has 0 aliphatic rings. The number of nitrogens with zero attached hydrogens (tertiary/aromatic N) is 2. The zero-order valence-electron chi connectivity index (χ0n) is 17.6. The van der Waals surface area contributed by atoms with Crippen LogP contribution in [0.5, 0.6) is 0 Å². The summed E-state index contributed by atoms with van der Waals surface area (Å²) in [7, 11) is 1.39. The van der Waals surface area contributed by atoms with Gasteiger partial charge in [0.1, 0.15) is 6.04 Å². The molecule has 0 heterocycles. The van der Waals surface area contributed by atoms with Crippen LogP contribution in [-0.4, -0.2) is 65.3 Å². The van der Waals surface area contributed by atoms with Crippen molar-refractivity contribution >= 4 is 29.4 Å². The number of nitro benzene ring substituents is 1. The van der Waals surface area contributed by atoms with Crippen molar-refractivity contribution in [3.8, 4) is 0 Å². The molecule has 0 spiro atoms. The first-order valence-electron chi connectivity index (χ1n) is 9.07. The van der Waals surface area contributed by atoms with Crippen molar-refractivity contribution < 1.29 is 28.8 Å². The van der Waals surface area contributed by atoms with E-state index in [1.54, 1.807) is 20.8 Å². The summed E-state index contributed by atoms with van der Waals surface area (Å²) < 4.78 is 4.88. The van der Waals surface area contributed by atoms with Crippen molar-refractivity contribution in [2.24, 2.45) is 0 Å². The number of ether oxygens (including phenoxy) is 1. The molecule has 0 saturated carbocycles. The number of nitro groups is 1. The Morgan fingerprint density at radius 2 is 1.87 bits per heavy atom. The number of esters is 1. The van der Waals surface area contributed by atoms with Crippen molar-refractivity contribution in [3.63, 3.8) is 0 Å². The standard InChI is InChI=1S/C19H26N4O7/c1-12(20-17(26)13-7-6-8-14(9-13)23(28)29)18(27)30-11-16(25)22(5)10-15(24)21-19(2,3)4/h6-9,12H,10-11H2,1-5H3,(H,20,26)(H,21,24)/t12-/m0/s1. The van der Waals surface area contributed by atoms with E-state index in [-0.39, 0.29) is 23.7 Å². The molecule has 1 rings (SSSR count). The molecule has 1 aromatic rings. The Morgan fingerprint density at radius 1 is 1.23 bits per heavy atom. The van der Waals surface area contributed by atoms with Gasteiger partial charge in [0.05, 0.1) is 11.5 Å². The molecular weight excluding hydrogens is 396 g/mol. The smallest absolute Gasteiger partial charge is 0.328 e. The molecule has 0 aliphatic heterocycles. The van der Waals surface area contributed by atoms with E-state index in [1.807, 2.05) is 0 Å². The number of nitrogens with one attached hydrogen (secondary N) is 2. The zero-order valence-corrected chi connectivity index (χ0v) is 17.6. The zero-order chi connectivity index (χ0) is 23.1. The lowest BCUT2D eigenvalue weighted by molar-refractivity contribution is -0.384. The molecule has 1 aromatic carbocycles. The Bertz CT molecular complexity index is 832. The number of benzene rings is 1. The largest absolute Gasteiger partial charge is 0.454 e. The lowest BCUT2D eigenvalue weighted by Gasteiger charge is -2.23. The highest BCUT2D eigenvalue weighted by molar-refractivity contribution is 5.97. The Hall–Kier alpha value is -3.50. The Morgan fingerprint density at radius 3 is 2.43 bits per heavy atom. The van der Waals surface area contributed by atoms with Crippen molar-refractivity contribution in [3.05, 3.63) is 39.9 Å². The number of non-ortho nitro benzene ring substituents is 1. The van der Waals surface area contributed by atoms with Gasteiger partial charge in [0, 0.05) is 30.3 Å². The number of rotatable bonds is 8. The van der Waals surface area contributed by atoms with Gasteiger partial charge in [-0.3, -0.25) is 24.5 Å². The molecule has 0 saturated heterocycles. The van der Waals surface area contributed by atoms with Crippen LogP contribution in [0.4, 0.5) is 5.69 Å². The molecule has 11 nitrogen and oxygen atoms in total. The van der Waals surface area contributed by atoms with Crippen molar-refractivity contribution in [1.29, 1.82) is 0 Å². The monoisotopic (exact) mass is 422 g/mol. The Kier molecular flexibility index (Phi) is 8.45. The number of amides is 3. The molecule has 2 N–H and O–H groups in total. The minimum absolute atomic E-state index is 0.00419. The normalized spacial score (nSPS) is 11.8. The molecule has 0 unspecified atom stereocenters. The third kappa shape index (κ3) is 8.25. The average Bonchev–Trinajstić information content (AvgIpc) is 2.63. The molecule has 0 bridgehead atoms. The fraction of sp³-hybridized carbons (Fsp3) is 0.474. The second kappa shape index (κ2) is 10.3. The second-order valence-electron chi connectivity index (χ2n) is 7.66. The van der Waals surface area contributed by atoms with Gasteiger partial charge in [0.25, 0.3) is 17.5 Å². The van der Waals surface area contributed by atoms with Crippen LogP contribution >= 0.6 is 0 Å². The predicted molar refractivity (Wildman–Crippen MR) is 107 cm³/mol. The molecule has 1 atom stereocenters. The summed E-state index contributed by atoms with van der Waals surface area (Å²) in [6.45, 7) is 5.96. The summed E-state index contributed by atoms with van der Waals surface area (Å²) in [4.78, 5) is 59.3. The van der Waals surface area contributed by atoms with E-state index in [4.69, 9.17) is 4.74 Å². The van der Waals surface area contributed by atoms with Crippen LogP contribution in [0.15, 0.2) is 24.3 Å². The molecule has 164 valence electrons. The van der Waals surface area contributed by atoms with E-state index in [2.05, 4.69) is 10.6 Å². The van der Waals surface area contributed by atoms with E-state index in [9.17, 15) is 29.3 Å². The third-order valence-electron chi connectivity index (χ3n) is 3.68. The number of carbonyl (C=O) groups excluding carboxylic acids is 4. The molecule has 11 heteroatoms. The molecule has 0 fully saturated rings. The molecule has 30 heavy (non-hydrogen) atoms. The van der Waals surface area contributed by atoms with Crippen LogP contribution < -0.4 is 10.6 Å². The van der Waals surface area contributed by atoms with Gasteiger partial charge in [-0.15, -0.1) is 0 Å². The van der Waals surface area contributed by atoms with Crippen LogP contribution in [0.1, 0.15) is 38.1 Å². The molecule has 3 amide bonds. The summed E-state index contributed by atoms with van der Waals surface area (Å²) in [5.74, 6) is -2.52. The molecular formula is C19H26N4O7. The van der Waals surface area contributed by atoms with Gasteiger partial charge in [-0.25, -0.2) is 4.79 Å². The van der Waals surface area contributed by atoms with Crippen LogP contribution in [0.25, 0.3) is 0 Å². The first-order valence-corrected chi connectivity index (χ1v) is 9.07. The Balaban J connectivity index is 2.53. The van der Waals surface area contributed by atoms with Gasteiger partial charge in [0.15, 0.2) is 6.61 Å². The van der Waals surface area contributed by atoms with Gasteiger partial charge >= 0.3 is 5.97 Å². The van der Waals surface area contributed by atoms with Gasteiger partial charge in [-0.05, 0) is 33.8 Å². The highest BCUT2D eigenvalue weighted by Crippen LogP contribution is 2.13. The van der Waals surface area contributed by atoms with Crippen LogP contribution in [0.3, 0.4) is 0 Å². The number of hydrogen-bond acceptors (Lipinski definition) is 7. The van der Waals surface area contributed by atoms with Gasteiger partial charge in [-0.1, -0.05) is 6.07 Å². The quantitative estimate of drug-likeness (QED) is 0.355. The third-order valence-corrected chi connectivity index (χ3v) is 3.68. The maximum absolute atomic E-state index is 12.2. The van der Waals surface area contributed by atoms with Gasteiger partial charge in [-0.2, -0.15) is 0 Å². The number of likely N-dealkylation sites (N-methyl/N-ethyl adjacent to an activating group) is 1. The summed E-state index contributed by atoms with van der Waals surface area (Å²) in [5, 5.41) is 15.8. The SMILES string of the molecule is C[C@H](NC(=O)c1cccc([N+](=O)[O-])c1)C(=O)OCC(=O)N(C)CC(=O)NC(C)(C)C. The minimum atomic E-state index is -1.10. The highest BCUT2D eigenvalue weighted by Gasteiger charge is 2.22. The fourth-order valence-electron chi connectivity index (χ4n) is 2.23. The van der Waals surface area contributed by atoms with Gasteiger partial charge in [0.2, 0.25) is 5.91 Å². The summed E-state index contributed by atoms with van der Waals surface area (Å²) in [6.07, 6.45) is 0. The summed E-state index contributed by atoms with van der Waals surface area (Å²) in [6, 6.07) is 3.92. The van der Waals surface area contributed by atoms with Crippen molar-refractivity contribution in [1.82, 2.24) is 15.5 Å². The number of hydrogen-bond donors (Lipinski definition) is 2. The fourth-order valence-corrected chi connectivity index (χ4v) is 2.23. The van der Waals surface area contributed by atoms with Gasteiger partial charge < -0.3 is 20.3 Å². The first kappa shape index (κ1) is 24.5. The highest BCUT2D eigenvalue weighted by atomic mass is 16.6. The minimum Gasteiger partial charge on any atom is -0.454 e. The second-order valence-corrected chi connectivity index (χ2v) is 7.66. The maximum Gasteiger partial charge on any atom is 0.328 e. The predicted octanol–water partition coefficient (Wildman–Crippen LogP) is 0.629. The summed E-state index contributed by atoms with van der Waals surface area (Å²) >= 11 is 0. The first-order chi connectivity index (χ1) is 13.8. The van der Waals surface area contributed by atoms with E-state index in [0.29, 0.717) is 0 Å². The van der Waals surface area contributed by atoms with E-state index < -0.39 is 40.9 Å².